The van der Waals surface area contributed by atoms with Crippen molar-refractivity contribution >= 4 is 10.0 Å². The highest BCUT2D eigenvalue weighted by Crippen LogP contribution is 2.40. The van der Waals surface area contributed by atoms with Gasteiger partial charge in [0.1, 0.15) is 0 Å². The molecule has 0 amide bonds. The third-order valence-corrected chi connectivity index (χ3v) is 7.37. The number of hydrogen-bond donors (Lipinski definition) is 1. The molecule has 1 saturated carbocycles. The van der Waals surface area contributed by atoms with Crippen LogP contribution < -0.4 is 4.72 Å². The van der Waals surface area contributed by atoms with Crippen LogP contribution in [0.25, 0.3) is 0 Å². The molecule has 0 spiro atoms. The average molecular weight is 352 g/mol. The van der Waals surface area contributed by atoms with Crippen LogP contribution in [0.4, 0.5) is 0 Å². The van der Waals surface area contributed by atoms with Crippen molar-refractivity contribution in [2.75, 3.05) is 0 Å². The van der Waals surface area contributed by atoms with Crippen LogP contribution in [-0.4, -0.2) is 14.5 Å². The molecule has 0 aliphatic heterocycles. The van der Waals surface area contributed by atoms with E-state index < -0.39 is 10.0 Å². The summed E-state index contributed by atoms with van der Waals surface area (Å²) in [6.45, 7) is 9.04. The van der Waals surface area contributed by atoms with Gasteiger partial charge in [-0.15, -0.1) is 0 Å². The second kappa shape index (κ2) is 8.01. The van der Waals surface area contributed by atoms with Gasteiger partial charge in [-0.2, -0.15) is 0 Å². The molecule has 0 aromatic heterocycles. The lowest BCUT2D eigenvalue weighted by Gasteiger charge is -2.39. The molecule has 1 fully saturated rings. The van der Waals surface area contributed by atoms with Gasteiger partial charge in [-0.25, -0.2) is 13.1 Å². The smallest absolute Gasteiger partial charge is 0.208 e. The summed E-state index contributed by atoms with van der Waals surface area (Å²) in [5.74, 6) is 0.705. The van der Waals surface area contributed by atoms with E-state index in [4.69, 9.17) is 0 Å². The van der Waals surface area contributed by atoms with Gasteiger partial charge in [0.05, 0.1) is 4.90 Å². The second-order valence-corrected chi connectivity index (χ2v) is 9.62. The Labute approximate surface area is 148 Å². The average Bonchev–Trinajstić information content (AvgIpc) is 2.56. The van der Waals surface area contributed by atoms with Crippen LogP contribution in [0.2, 0.25) is 0 Å². The first-order chi connectivity index (χ1) is 11.3. The summed E-state index contributed by atoms with van der Waals surface area (Å²) >= 11 is 0. The van der Waals surface area contributed by atoms with Crippen LogP contribution in [-0.2, 0) is 16.4 Å². The summed E-state index contributed by atoms with van der Waals surface area (Å²) < 4.78 is 28.1. The molecular weight excluding hydrogens is 318 g/mol. The highest BCUT2D eigenvalue weighted by Gasteiger charge is 2.33. The maximum atomic E-state index is 12.6. The zero-order valence-corrected chi connectivity index (χ0v) is 16.5. The van der Waals surface area contributed by atoms with E-state index in [0.717, 1.165) is 38.5 Å². The molecule has 2 rings (SSSR count). The first kappa shape index (κ1) is 19.5. The number of nitrogens with one attached hydrogen (secondary N) is 1. The van der Waals surface area contributed by atoms with Gasteiger partial charge in [-0.1, -0.05) is 52.7 Å². The van der Waals surface area contributed by atoms with Crippen LogP contribution >= 0.6 is 0 Å². The minimum atomic E-state index is -3.40. The second-order valence-electron chi connectivity index (χ2n) is 7.91. The van der Waals surface area contributed by atoms with Gasteiger partial charge < -0.3 is 0 Å². The van der Waals surface area contributed by atoms with Crippen molar-refractivity contribution in [3.63, 3.8) is 0 Å². The number of benzene rings is 1. The fourth-order valence-corrected chi connectivity index (χ4v) is 5.00. The third kappa shape index (κ3) is 4.82. The number of aryl methyl sites for hydroxylation is 1. The van der Waals surface area contributed by atoms with E-state index >= 15 is 0 Å². The zero-order valence-electron chi connectivity index (χ0n) is 15.6. The molecule has 0 saturated heterocycles. The Morgan fingerprint density at radius 1 is 1.04 bits per heavy atom. The van der Waals surface area contributed by atoms with E-state index in [1.165, 1.54) is 12.0 Å². The Morgan fingerprint density at radius 3 is 2.12 bits per heavy atom. The van der Waals surface area contributed by atoms with E-state index in [1.54, 1.807) is 12.1 Å². The van der Waals surface area contributed by atoms with Gasteiger partial charge in [-0.3, -0.25) is 0 Å². The highest BCUT2D eigenvalue weighted by molar-refractivity contribution is 7.89. The van der Waals surface area contributed by atoms with E-state index in [0.29, 0.717) is 16.2 Å². The van der Waals surface area contributed by atoms with E-state index in [-0.39, 0.29) is 6.04 Å². The van der Waals surface area contributed by atoms with Crippen LogP contribution in [0.5, 0.6) is 0 Å². The molecule has 0 heterocycles. The van der Waals surface area contributed by atoms with Crippen molar-refractivity contribution < 1.29 is 8.42 Å². The molecule has 0 atom stereocenters. The van der Waals surface area contributed by atoms with Crippen molar-refractivity contribution in [1.29, 1.82) is 0 Å². The SMILES string of the molecule is CCCc1ccc(S(=O)(=O)NC2CCC(C(C)(C)CC)CC2)cc1. The lowest BCUT2D eigenvalue weighted by molar-refractivity contribution is 0.142. The molecule has 1 aliphatic rings. The monoisotopic (exact) mass is 351 g/mol. The quantitative estimate of drug-likeness (QED) is 0.758. The third-order valence-electron chi connectivity index (χ3n) is 5.84. The Balaban J connectivity index is 1.96. The van der Waals surface area contributed by atoms with Crippen molar-refractivity contribution in [3.05, 3.63) is 29.8 Å². The number of rotatable bonds is 7. The predicted octanol–water partition coefficient (Wildman–Crippen LogP) is 4.91. The highest BCUT2D eigenvalue weighted by atomic mass is 32.2. The van der Waals surface area contributed by atoms with E-state index in [2.05, 4.69) is 32.4 Å². The van der Waals surface area contributed by atoms with E-state index in [9.17, 15) is 8.42 Å². The normalized spacial score (nSPS) is 22.5. The van der Waals surface area contributed by atoms with Gasteiger partial charge in [0.2, 0.25) is 10.0 Å². The van der Waals surface area contributed by atoms with Crippen molar-refractivity contribution in [3.8, 4) is 0 Å². The lowest BCUT2D eigenvalue weighted by atomic mass is 9.69. The maximum absolute atomic E-state index is 12.6. The molecule has 24 heavy (non-hydrogen) atoms. The van der Waals surface area contributed by atoms with Crippen LogP contribution in [0, 0.1) is 11.3 Å². The summed E-state index contributed by atoms with van der Waals surface area (Å²) in [6.07, 6.45) is 7.36. The summed E-state index contributed by atoms with van der Waals surface area (Å²) in [7, 11) is -3.40. The summed E-state index contributed by atoms with van der Waals surface area (Å²) in [6, 6.07) is 7.41. The molecule has 1 aromatic carbocycles. The molecule has 1 aromatic rings. The van der Waals surface area contributed by atoms with Crippen LogP contribution in [0.1, 0.15) is 71.8 Å². The van der Waals surface area contributed by atoms with Gasteiger partial charge in [0.25, 0.3) is 0 Å². The minimum Gasteiger partial charge on any atom is -0.208 e. The Kier molecular flexibility index (Phi) is 6.49. The standard InChI is InChI=1S/C20H33NO2S/c1-5-7-16-8-14-19(15-9-16)24(22,23)21-18-12-10-17(11-13-18)20(3,4)6-2/h8-9,14-15,17-18,21H,5-7,10-13H2,1-4H3. The molecular formula is C20H33NO2S. The van der Waals surface area contributed by atoms with Crippen molar-refractivity contribution in [2.24, 2.45) is 11.3 Å². The molecule has 0 unspecified atom stereocenters. The summed E-state index contributed by atoms with van der Waals surface area (Å²) in [4.78, 5) is 0.387. The summed E-state index contributed by atoms with van der Waals surface area (Å²) in [5.41, 5.74) is 1.55. The fraction of sp³-hybridized carbons (Fsp3) is 0.700. The largest absolute Gasteiger partial charge is 0.240 e. The molecule has 136 valence electrons. The van der Waals surface area contributed by atoms with Gasteiger partial charge >= 0.3 is 0 Å². The fourth-order valence-electron chi connectivity index (χ4n) is 3.69. The zero-order chi connectivity index (χ0) is 17.8. The van der Waals surface area contributed by atoms with Crippen molar-refractivity contribution in [2.45, 2.75) is 83.6 Å². The molecule has 1 N–H and O–H groups in total. The Hall–Kier alpha value is -0.870. The predicted molar refractivity (Wildman–Crippen MR) is 101 cm³/mol. The topological polar surface area (TPSA) is 46.2 Å². The van der Waals surface area contributed by atoms with Crippen molar-refractivity contribution in [1.82, 2.24) is 4.72 Å². The minimum absolute atomic E-state index is 0.0780. The molecule has 4 heteroatoms. The molecule has 1 aliphatic carbocycles. The van der Waals surface area contributed by atoms with Crippen LogP contribution in [0.15, 0.2) is 29.2 Å². The number of hydrogen-bond acceptors (Lipinski definition) is 2. The number of sulfonamides is 1. The summed E-state index contributed by atoms with van der Waals surface area (Å²) in [5, 5.41) is 0. The first-order valence-corrected chi connectivity index (χ1v) is 10.9. The van der Waals surface area contributed by atoms with E-state index in [1.807, 2.05) is 12.1 Å². The van der Waals surface area contributed by atoms with Gasteiger partial charge in [0.15, 0.2) is 0 Å². The molecule has 3 nitrogen and oxygen atoms in total. The maximum Gasteiger partial charge on any atom is 0.240 e. The Morgan fingerprint density at radius 2 is 1.62 bits per heavy atom. The van der Waals surface area contributed by atoms with Crippen LogP contribution in [0.3, 0.4) is 0 Å². The Bertz CT molecular complexity index is 612. The van der Waals surface area contributed by atoms with Gasteiger partial charge in [-0.05, 0) is 61.1 Å². The lowest BCUT2D eigenvalue weighted by Crippen LogP contribution is -2.39. The molecule has 0 bridgehead atoms. The van der Waals surface area contributed by atoms with Gasteiger partial charge in [0, 0.05) is 6.04 Å². The molecule has 0 radical (unpaired) electrons. The first-order valence-electron chi connectivity index (χ1n) is 9.39.